The summed E-state index contributed by atoms with van der Waals surface area (Å²) < 4.78 is 34.0. The molecule has 12 heteroatoms. The fourth-order valence-electron chi connectivity index (χ4n) is 2.98. The topological polar surface area (TPSA) is 85.9 Å². The van der Waals surface area contributed by atoms with Crippen molar-refractivity contribution in [1.82, 2.24) is 20.4 Å². The standard InChI is InChI=1S/C20H38N4O6S2/c31-19-21-1-7-25-13-17-30-18-14-26-8-2-22-20(32)24-4-10-27-9-3-23(19)5-11-28-15-16-29-12-6-24/h1-18H2,(H,21,31)(H,22,32). The van der Waals surface area contributed by atoms with Gasteiger partial charge in [0, 0.05) is 39.3 Å². The van der Waals surface area contributed by atoms with Crippen molar-refractivity contribution in [2.24, 2.45) is 0 Å². The van der Waals surface area contributed by atoms with Crippen molar-refractivity contribution in [2.75, 3.05) is 119 Å². The smallest absolute Gasteiger partial charge is 0.169 e. The summed E-state index contributed by atoms with van der Waals surface area (Å²) in [5.41, 5.74) is 0. The van der Waals surface area contributed by atoms with Crippen molar-refractivity contribution in [3.63, 3.8) is 0 Å². The lowest BCUT2D eigenvalue weighted by Gasteiger charge is -2.27. The Morgan fingerprint density at radius 1 is 0.438 bits per heavy atom. The molecule has 2 saturated heterocycles. The SMILES string of the molecule is S=C1NCCOCCOCCOCCNC(=S)N2CCOCCOCCN1CCOCC2. The summed E-state index contributed by atoms with van der Waals surface area (Å²) in [6.45, 7) is 10.6. The van der Waals surface area contributed by atoms with Crippen LogP contribution in [-0.2, 0) is 28.4 Å². The van der Waals surface area contributed by atoms with E-state index in [0.717, 1.165) is 0 Å². The molecule has 2 N–H and O–H groups in total. The first-order chi connectivity index (χ1) is 15.8. The van der Waals surface area contributed by atoms with E-state index >= 15 is 0 Å². The van der Waals surface area contributed by atoms with Gasteiger partial charge in [0.05, 0.1) is 79.3 Å². The fourth-order valence-corrected chi connectivity index (χ4v) is 3.55. The van der Waals surface area contributed by atoms with Crippen LogP contribution in [0.5, 0.6) is 0 Å². The maximum absolute atomic E-state index is 5.88. The van der Waals surface area contributed by atoms with Gasteiger partial charge in [-0.3, -0.25) is 0 Å². The third kappa shape index (κ3) is 13.0. The minimum absolute atomic E-state index is 0.535. The molecule has 186 valence electrons. The molecule has 32 heavy (non-hydrogen) atoms. The van der Waals surface area contributed by atoms with Gasteiger partial charge in [-0.1, -0.05) is 0 Å². The number of rotatable bonds is 0. The van der Waals surface area contributed by atoms with Crippen LogP contribution in [0.2, 0.25) is 0 Å². The highest BCUT2D eigenvalue weighted by molar-refractivity contribution is 7.80. The Bertz CT molecular complexity index is 478. The molecule has 2 fully saturated rings. The van der Waals surface area contributed by atoms with Crippen LogP contribution < -0.4 is 10.6 Å². The lowest BCUT2D eigenvalue weighted by Crippen LogP contribution is -2.45. The minimum atomic E-state index is 0.535. The molecular weight excluding hydrogens is 456 g/mol. The summed E-state index contributed by atoms with van der Waals surface area (Å²) in [6.07, 6.45) is 0. The highest BCUT2D eigenvalue weighted by Crippen LogP contribution is 1.97. The Balaban J connectivity index is 1.92. The zero-order valence-corrected chi connectivity index (χ0v) is 20.5. The predicted octanol–water partition coefficient (Wildman–Crippen LogP) is -0.534. The van der Waals surface area contributed by atoms with Gasteiger partial charge in [0.15, 0.2) is 10.2 Å². The van der Waals surface area contributed by atoms with Crippen LogP contribution in [0.25, 0.3) is 0 Å². The van der Waals surface area contributed by atoms with E-state index in [9.17, 15) is 0 Å². The molecule has 0 spiro atoms. The van der Waals surface area contributed by atoms with E-state index < -0.39 is 0 Å². The lowest BCUT2D eigenvalue weighted by atomic mass is 10.5. The molecule has 0 saturated carbocycles. The Kier molecular flexibility index (Phi) is 15.9. The summed E-state index contributed by atoms with van der Waals surface area (Å²) in [4.78, 5) is 4.13. The van der Waals surface area contributed by atoms with E-state index in [2.05, 4.69) is 20.4 Å². The maximum Gasteiger partial charge on any atom is 0.169 e. The van der Waals surface area contributed by atoms with Crippen molar-refractivity contribution in [3.8, 4) is 0 Å². The van der Waals surface area contributed by atoms with Crippen LogP contribution in [0.4, 0.5) is 0 Å². The zero-order valence-electron chi connectivity index (χ0n) is 18.9. The van der Waals surface area contributed by atoms with Gasteiger partial charge in [0.25, 0.3) is 0 Å². The molecule has 2 aliphatic rings. The van der Waals surface area contributed by atoms with Gasteiger partial charge in [-0.15, -0.1) is 0 Å². The van der Waals surface area contributed by atoms with Crippen molar-refractivity contribution in [1.29, 1.82) is 0 Å². The van der Waals surface area contributed by atoms with Gasteiger partial charge < -0.3 is 48.9 Å². The van der Waals surface area contributed by atoms with Gasteiger partial charge >= 0.3 is 0 Å². The van der Waals surface area contributed by atoms with E-state index in [0.29, 0.717) is 129 Å². The molecule has 0 aliphatic carbocycles. The lowest BCUT2D eigenvalue weighted by molar-refractivity contribution is 0.0164. The largest absolute Gasteiger partial charge is 0.378 e. The van der Waals surface area contributed by atoms with E-state index in [1.54, 1.807) is 0 Å². The molecule has 0 amide bonds. The fraction of sp³-hybridized carbons (Fsp3) is 0.900. The van der Waals surface area contributed by atoms with E-state index in [-0.39, 0.29) is 0 Å². The molecule has 2 bridgehead atoms. The van der Waals surface area contributed by atoms with Gasteiger partial charge in [-0.2, -0.15) is 0 Å². The van der Waals surface area contributed by atoms with Crippen molar-refractivity contribution < 1.29 is 28.4 Å². The third-order valence-electron chi connectivity index (χ3n) is 4.76. The maximum atomic E-state index is 5.88. The average molecular weight is 495 g/mol. The molecule has 0 unspecified atom stereocenters. The summed E-state index contributed by atoms with van der Waals surface area (Å²) in [6, 6.07) is 0. The Hall–Kier alpha value is -0.860. The van der Waals surface area contributed by atoms with Gasteiger partial charge in [0.1, 0.15) is 0 Å². The number of hydrogen-bond donors (Lipinski definition) is 2. The van der Waals surface area contributed by atoms with E-state index in [4.69, 9.17) is 52.9 Å². The Labute approximate surface area is 202 Å². The van der Waals surface area contributed by atoms with E-state index in [1.807, 2.05) is 0 Å². The molecule has 0 aromatic heterocycles. The highest BCUT2D eigenvalue weighted by Gasteiger charge is 2.12. The number of fused-ring (bicyclic) bond motifs is 6. The third-order valence-corrected chi connectivity index (χ3v) is 5.56. The van der Waals surface area contributed by atoms with E-state index in [1.165, 1.54) is 0 Å². The molecule has 0 radical (unpaired) electrons. The molecule has 2 aliphatic heterocycles. The second-order valence-corrected chi connectivity index (χ2v) is 7.89. The van der Waals surface area contributed by atoms with Crippen LogP contribution in [0, 0.1) is 0 Å². The normalized spacial score (nSPS) is 23.6. The molecule has 0 aromatic carbocycles. The molecule has 10 nitrogen and oxygen atoms in total. The first-order valence-electron chi connectivity index (χ1n) is 11.3. The molecule has 0 aromatic rings. The zero-order chi connectivity index (χ0) is 22.7. The number of nitrogens with zero attached hydrogens (tertiary/aromatic N) is 2. The van der Waals surface area contributed by atoms with Crippen molar-refractivity contribution in [3.05, 3.63) is 0 Å². The van der Waals surface area contributed by atoms with Crippen LogP contribution in [0.1, 0.15) is 0 Å². The highest BCUT2D eigenvalue weighted by atomic mass is 32.1. The predicted molar refractivity (Wildman–Crippen MR) is 129 cm³/mol. The Morgan fingerprint density at radius 3 is 1.09 bits per heavy atom. The Morgan fingerprint density at radius 2 is 0.719 bits per heavy atom. The molecule has 0 atom stereocenters. The summed E-state index contributed by atoms with van der Waals surface area (Å²) in [5, 5.41) is 7.84. The number of hydrogen-bond acceptors (Lipinski definition) is 8. The van der Waals surface area contributed by atoms with Crippen LogP contribution >= 0.6 is 24.4 Å². The molecular formula is C20H38N4O6S2. The summed E-state index contributed by atoms with van der Waals surface area (Å²) >= 11 is 11.1. The second kappa shape index (κ2) is 18.6. The monoisotopic (exact) mass is 494 g/mol. The first-order valence-corrected chi connectivity index (χ1v) is 12.1. The number of ether oxygens (including phenoxy) is 6. The van der Waals surface area contributed by atoms with Crippen molar-refractivity contribution in [2.45, 2.75) is 0 Å². The van der Waals surface area contributed by atoms with Gasteiger partial charge in [0.2, 0.25) is 0 Å². The molecule has 2 heterocycles. The van der Waals surface area contributed by atoms with Gasteiger partial charge in [-0.25, -0.2) is 0 Å². The number of nitrogens with one attached hydrogen (secondary N) is 2. The van der Waals surface area contributed by atoms with Crippen LogP contribution in [0.15, 0.2) is 0 Å². The van der Waals surface area contributed by atoms with Crippen molar-refractivity contribution >= 4 is 34.7 Å². The van der Waals surface area contributed by atoms with Crippen LogP contribution in [-0.4, -0.2) is 139 Å². The quantitative estimate of drug-likeness (QED) is 0.335. The van der Waals surface area contributed by atoms with Gasteiger partial charge in [-0.05, 0) is 24.4 Å². The second-order valence-electron chi connectivity index (χ2n) is 7.11. The molecule has 2 rings (SSSR count). The summed E-state index contributed by atoms with van der Waals surface area (Å²) in [7, 11) is 0. The number of thiocarbonyl (C=S) groups is 2. The first kappa shape index (κ1) is 27.4. The summed E-state index contributed by atoms with van der Waals surface area (Å²) in [5.74, 6) is 0. The van der Waals surface area contributed by atoms with Crippen LogP contribution in [0.3, 0.4) is 0 Å². The minimum Gasteiger partial charge on any atom is -0.378 e. The average Bonchev–Trinajstić information content (AvgIpc) is 2.80.